The van der Waals surface area contributed by atoms with E-state index < -0.39 is 17.6 Å². The Hall–Kier alpha value is -3.87. The van der Waals surface area contributed by atoms with Crippen LogP contribution in [0.15, 0.2) is 95.6 Å². The fraction of sp³-hybridized carbons (Fsp3) is 0.0833. The molecule has 3 aromatic rings. The summed E-state index contributed by atoms with van der Waals surface area (Å²) in [5.74, 6) is -0.497. The Balaban J connectivity index is 1.60. The first-order valence-electron chi connectivity index (χ1n) is 9.55. The molecule has 156 valence electrons. The zero-order valence-electron chi connectivity index (χ0n) is 16.2. The number of aliphatic imine (C=N–C) groups is 1. The molecule has 0 radical (unpaired) electrons. The van der Waals surface area contributed by atoms with Gasteiger partial charge in [-0.2, -0.15) is 13.2 Å². The van der Waals surface area contributed by atoms with Crippen molar-refractivity contribution in [3.63, 3.8) is 0 Å². The van der Waals surface area contributed by atoms with Gasteiger partial charge in [-0.05, 0) is 35.4 Å². The van der Waals surface area contributed by atoms with E-state index in [2.05, 4.69) is 15.6 Å². The molecule has 0 aromatic heterocycles. The molecule has 0 spiro atoms. The van der Waals surface area contributed by atoms with E-state index in [0.717, 1.165) is 29.0 Å². The van der Waals surface area contributed by atoms with Gasteiger partial charge in [-0.15, -0.1) is 0 Å². The van der Waals surface area contributed by atoms with Crippen LogP contribution in [0.25, 0.3) is 6.08 Å². The van der Waals surface area contributed by atoms with Crippen molar-refractivity contribution in [1.29, 1.82) is 0 Å². The van der Waals surface area contributed by atoms with E-state index in [0.29, 0.717) is 0 Å². The Labute approximate surface area is 177 Å². The maximum absolute atomic E-state index is 13.0. The van der Waals surface area contributed by atoms with Crippen LogP contribution in [0.4, 0.5) is 13.2 Å². The highest BCUT2D eigenvalue weighted by Gasteiger charge is 2.31. The first-order valence-corrected chi connectivity index (χ1v) is 9.55. The van der Waals surface area contributed by atoms with E-state index in [1.54, 1.807) is 0 Å². The Bertz CT molecular complexity index is 1140. The van der Waals surface area contributed by atoms with Gasteiger partial charge in [0.25, 0.3) is 5.91 Å². The number of guanidine groups is 1. The van der Waals surface area contributed by atoms with Crippen LogP contribution in [0.5, 0.6) is 0 Å². The van der Waals surface area contributed by atoms with Gasteiger partial charge in [0.05, 0.1) is 5.56 Å². The fourth-order valence-electron chi connectivity index (χ4n) is 3.25. The van der Waals surface area contributed by atoms with Crippen molar-refractivity contribution < 1.29 is 18.0 Å². The highest BCUT2D eigenvalue weighted by molar-refractivity contribution is 6.07. The molecule has 1 aliphatic rings. The van der Waals surface area contributed by atoms with Crippen molar-refractivity contribution in [2.24, 2.45) is 4.99 Å². The number of amides is 1. The second-order valence-corrected chi connectivity index (χ2v) is 6.96. The van der Waals surface area contributed by atoms with Crippen molar-refractivity contribution in [1.82, 2.24) is 10.6 Å². The molecule has 7 heteroatoms. The quantitative estimate of drug-likeness (QED) is 0.613. The normalized spacial score (nSPS) is 17.2. The third kappa shape index (κ3) is 4.83. The summed E-state index contributed by atoms with van der Waals surface area (Å²) in [5.41, 5.74) is 1.63. The van der Waals surface area contributed by atoms with E-state index in [9.17, 15) is 18.0 Å². The molecule has 1 amide bonds. The zero-order chi connectivity index (χ0) is 21.8. The van der Waals surface area contributed by atoms with Crippen LogP contribution < -0.4 is 10.6 Å². The minimum absolute atomic E-state index is 0.101. The summed E-state index contributed by atoms with van der Waals surface area (Å²) in [6.07, 6.45) is -2.60. The molecule has 0 aliphatic carbocycles. The van der Waals surface area contributed by atoms with Crippen molar-refractivity contribution in [3.05, 3.63) is 113 Å². The standard InChI is InChI=1S/C24H18F3N3O/c25-24(26,27)19-13-7-12-18(15-19)22(31)30-23-28-20(14-16-8-3-1-4-9-16)21(29-23)17-10-5-2-6-11-17/h1-15,21H,(H2,28,29,30,31)/b20-14-. The molecular weight excluding hydrogens is 403 g/mol. The Morgan fingerprint density at radius 3 is 2.29 bits per heavy atom. The van der Waals surface area contributed by atoms with E-state index in [1.165, 1.54) is 12.1 Å². The third-order valence-electron chi connectivity index (χ3n) is 4.74. The molecule has 1 aliphatic heterocycles. The van der Waals surface area contributed by atoms with Gasteiger partial charge in [-0.1, -0.05) is 66.7 Å². The largest absolute Gasteiger partial charge is 0.416 e. The average molecular weight is 421 g/mol. The maximum atomic E-state index is 13.0. The van der Waals surface area contributed by atoms with Gasteiger partial charge in [-0.25, -0.2) is 4.99 Å². The molecule has 1 unspecified atom stereocenters. The summed E-state index contributed by atoms with van der Waals surface area (Å²) in [4.78, 5) is 17.1. The molecule has 3 aromatic carbocycles. The van der Waals surface area contributed by atoms with Crippen LogP contribution in [-0.4, -0.2) is 11.9 Å². The summed E-state index contributed by atoms with van der Waals surface area (Å²) in [5, 5.41) is 5.67. The lowest BCUT2D eigenvalue weighted by Crippen LogP contribution is -2.37. The number of nitrogens with zero attached hydrogens (tertiary/aromatic N) is 1. The van der Waals surface area contributed by atoms with E-state index in [1.807, 2.05) is 66.7 Å². The van der Waals surface area contributed by atoms with Crippen LogP contribution in [0, 0.1) is 0 Å². The number of benzene rings is 3. The Morgan fingerprint density at radius 2 is 1.61 bits per heavy atom. The zero-order valence-corrected chi connectivity index (χ0v) is 16.2. The molecule has 1 atom stereocenters. The van der Waals surface area contributed by atoms with Crippen molar-refractivity contribution in [3.8, 4) is 0 Å². The lowest BCUT2D eigenvalue weighted by Gasteiger charge is -2.11. The van der Waals surface area contributed by atoms with Gasteiger partial charge < -0.3 is 5.32 Å². The van der Waals surface area contributed by atoms with Crippen LogP contribution in [-0.2, 0) is 6.18 Å². The van der Waals surface area contributed by atoms with Gasteiger partial charge in [0, 0.05) is 11.3 Å². The second-order valence-electron chi connectivity index (χ2n) is 6.96. The summed E-state index contributed by atoms with van der Waals surface area (Å²) >= 11 is 0. The maximum Gasteiger partial charge on any atom is 0.416 e. The SMILES string of the molecule is O=C(NC1=NC(c2ccccc2)/C(=C/c2ccccc2)N1)c1cccc(C(F)(F)F)c1. The molecule has 0 fully saturated rings. The predicted octanol–water partition coefficient (Wildman–Crippen LogP) is 5.18. The Morgan fingerprint density at radius 1 is 0.935 bits per heavy atom. The van der Waals surface area contributed by atoms with E-state index in [-0.39, 0.29) is 17.6 Å². The monoisotopic (exact) mass is 421 g/mol. The molecule has 2 N–H and O–H groups in total. The van der Waals surface area contributed by atoms with Gasteiger partial charge in [0.15, 0.2) is 0 Å². The number of carbonyl (C=O) groups excluding carboxylic acids is 1. The van der Waals surface area contributed by atoms with E-state index >= 15 is 0 Å². The topological polar surface area (TPSA) is 53.5 Å². The lowest BCUT2D eigenvalue weighted by molar-refractivity contribution is -0.137. The number of rotatable bonds is 3. The van der Waals surface area contributed by atoms with Crippen molar-refractivity contribution in [2.45, 2.75) is 12.2 Å². The second kappa shape index (κ2) is 8.47. The summed E-state index contributed by atoms with van der Waals surface area (Å²) in [6, 6.07) is 23.0. The third-order valence-corrected chi connectivity index (χ3v) is 4.74. The molecule has 1 heterocycles. The number of carbonyl (C=O) groups is 1. The number of alkyl halides is 3. The molecule has 4 nitrogen and oxygen atoms in total. The number of nitrogens with one attached hydrogen (secondary N) is 2. The van der Waals surface area contributed by atoms with Gasteiger partial charge in [-0.3, -0.25) is 10.1 Å². The molecular formula is C24H18F3N3O. The fourth-order valence-corrected chi connectivity index (χ4v) is 3.25. The smallest absolute Gasteiger partial charge is 0.327 e. The number of halogens is 3. The van der Waals surface area contributed by atoms with E-state index in [4.69, 9.17) is 0 Å². The Kier molecular flexibility index (Phi) is 5.58. The molecule has 0 saturated carbocycles. The minimum atomic E-state index is -4.52. The van der Waals surface area contributed by atoms with Gasteiger partial charge >= 0.3 is 6.18 Å². The predicted molar refractivity (Wildman–Crippen MR) is 113 cm³/mol. The number of hydrogen-bond donors (Lipinski definition) is 2. The van der Waals surface area contributed by atoms with Crippen LogP contribution in [0.2, 0.25) is 0 Å². The molecule has 4 rings (SSSR count). The highest BCUT2D eigenvalue weighted by Crippen LogP contribution is 2.31. The first-order chi connectivity index (χ1) is 14.9. The van der Waals surface area contributed by atoms with Crippen LogP contribution in [0.1, 0.15) is 33.1 Å². The molecule has 31 heavy (non-hydrogen) atoms. The van der Waals surface area contributed by atoms with Crippen molar-refractivity contribution >= 4 is 17.9 Å². The lowest BCUT2D eigenvalue weighted by atomic mass is 10.0. The molecule has 0 bridgehead atoms. The highest BCUT2D eigenvalue weighted by atomic mass is 19.4. The molecule has 0 saturated heterocycles. The van der Waals surface area contributed by atoms with Crippen LogP contribution >= 0.6 is 0 Å². The van der Waals surface area contributed by atoms with Gasteiger partial charge in [0.2, 0.25) is 5.96 Å². The summed E-state index contributed by atoms with van der Waals surface area (Å²) in [7, 11) is 0. The van der Waals surface area contributed by atoms with Crippen molar-refractivity contribution in [2.75, 3.05) is 0 Å². The average Bonchev–Trinajstić information content (AvgIpc) is 3.16. The summed E-state index contributed by atoms with van der Waals surface area (Å²) < 4.78 is 38.9. The first kappa shape index (κ1) is 20.4. The minimum Gasteiger partial charge on any atom is -0.327 e. The number of hydrogen-bond acceptors (Lipinski definition) is 3. The van der Waals surface area contributed by atoms with Gasteiger partial charge in [0.1, 0.15) is 6.04 Å². The van der Waals surface area contributed by atoms with Crippen LogP contribution in [0.3, 0.4) is 0 Å². The summed E-state index contributed by atoms with van der Waals surface area (Å²) in [6.45, 7) is 0.